The minimum Gasteiger partial charge on any atom is -0.307 e. The van der Waals surface area contributed by atoms with E-state index in [-0.39, 0.29) is 16.9 Å². The number of nitrogens with one attached hydrogen (secondary N) is 1. The van der Waals surface area contributed by atoms with Crippen molar-refractivity contribution in [2.24, 2.45) is 5.92 Å². The van der Waals surface area contributed by atoms with Crippen molar-refractivity contribution in [2.45, 2.75) is 46.2 Å². The molecule has 1 N–H and O–H groups in total. The Labute approximate surface area is 108 Å². The van der Waals surface area contributed by atoms with Crippen LogP contribution in [-0.2, 0) is 0 Å². The molecule has 0 heterocycles. The SMILES string of the molecule is CCC(NC(C)c1ccc(Cl)c(F)c1)C(C)C. The first-order chi connectivity index (χ1) is 7.95. The fourth-order valence-electron chi connectivity index (χ4n) is 1.98. The highest BCUT2D eigenvalue weighted by atomic mass is 35.5. The molecule has 96 valence electrons. The summed E-state index contributed by atoms with van der Waals surface area (Å²) in [6.07, 6.45) is 1.07. The average molecular weight is 258 g/mol. The van der Waals surface area contributed by atoms with Crippen molar-refractivity contribution in [1.82, 2.24) is 5.32 Å². The van der Waals surface area contributed by atoms with Crippen molar-refractivity contribution < 1.29 is 4.39 Å². The van der Waals surface area contributed by atoms with E-state index in [9.17, 15) is 4.39 Å². The van der Waals surface area contributed by atoms with Crippen molar-refractivity contribution >= 4 is 11.6 Å². The minimum absolute atomic E-state index is 0.133. The van der Waals surface area contributed by atoms with E-state index >= 15 is 0 Å². The second-order valence-corrected chi connectivity index (χ2v) is 5.23. The van der Waals surface area contributed by atoms with Crippen LogP contribution in [0.4, 0.5) is 4.39 Å². The van der Waals surface area contributed by atoms with Gasteiger partial charge in [-0.05, 0) is 37.0 Å². The maximum Gasteiger partial charge on any atom is 0.142 e. The predicted octanol–water partition coefficient (Wildman–Crippen LogP) is 4.56. The zero-order chi connectivity index (χ0) is 13.0. The van der Waals surface area contributed by atoms with Crippen LogP contribution in [-0.4, -0.2) is 6.04 Å². The molecule has 0 saturated carbocycles. The molecular formula is C14H21ClFN. The Hall–Kier alpha value is -0.600. The fourth-order valence-corrected chi connectivity index (χ4v) is 2.10. The summed E-state index contributed by atoms with van der Waals surface area (Å²) in [5.74, 6) is 0.218. The summed E-state index contributed by atoms with van der Waals surface area (Å²) < 4.78 is 13.4. The molecule has 0 bridgehead atoms. The lowest BCUT2D eigenvalue weighted by Gasteiger charge is -2.25. The first kappa shape index (κ1) is 14.5. The fraction of sp³-hybridized carbons (Fsp3) is 0.571. The first-order valence-electron chi connectivity index (χ1n) is 6.16. The molecule has 0 aromatic heterocycles. The van der Waals surface area contributed by atoms with Crippen LogP contribution in [0.1, 0.15) is 45.7 Å². The van der Waals surface area contributed by atoms with Gasteiger partial charge < -0.3 is 5.32 Å². The van der Waals surface area contributed by atoms with E-state index in [0.717, 1.165) is 12.0 Å². The van der Waals surface area contributed by atoms with Gasteiger partial charge in [-0.1, -0.05) is 38.4 Å². The average Bonchev–Trinajstić information content (AvgIpc) is 2.28. The summed E-state index contributed by atoms with van der Waals surface area (Å²) in [5.41, 5.74) is 0.936. The van der Waals surface area contributed by atoms with Gasteiger partial charge in [0.2, 0.25) is 0 Å². The second-order valence-electron chi connectivity index (χ2n) is 4.82. The quantitative estimate of drug-likeness (QED) is 0.815. The lowest BCUT2D eigenvalue weighted by atomic mass is 9.99. The zero-order valence-electron chi connectivity index (χ0n) is 10.9. The Balaban J connectivity index is 2.75. The Morgan fingerprint density at radius 1 is 1.29 bits per heavy atom. The van der Waals surface area contributed by atoms with E-state index < -0.39 is 0 Å². The lowest BCUT2D eigenvalue weighted by molar-refractivity contribution is 0.355. The molecule has 0 aliphatic rings. The highest BCUT2D eigenvalue weighted by molar-refractivity contribution is 6.30. The van der Waals surface area contributed by atoms with Crippen LogP contribution in [0, 0.1) is 11.7 Å². The highest BCUT2D eigenvalue weighted by Gasteiger charge is 2.15. The summed E-state index contributed by atoms with van der Waals surface area (Å²) in [4.78, 5) is 0. The van der Waals surface area contributed by atoms with Gasteiger partial charge in [-0.25, -0.2) is 4.39 Å². The summed E-state index contributed by atoms with van der Waals surface area (Å²) >= 11 is 5.67. The van der Waals surface area contributed by atoms with Gasteiger partial charge in [0.25, 0.3) is 0 Å². The summed E-state index contributed by atoms with van der Waals surface area (Å²) in [6, 6.07) is 5.57. The lowest BCUT2D eigenvalue weighted by Crippen LogP contribution is -2.35. The molecule has 1 nitrogen and oxygen atoms in total. The van der Waals surface area contributed by atoms with Crippen molar-refractivity contribution in [1.29, 1.82) is 0 Å². The van der Waals surface area contributed by atoms with Crippen LogP contribution in [0.5, 0.6) is 0 Å². The Kier molecular flexibility index (Phi) is 5.41. The molecule has 2 atom stereocenters. The molecule has 3 heteroatoms. The number of benzene rings is 1. The number of rotatable bonds is 5. The Bertz CT molecular complexity index is 365. The van der Waals surface area contributed by atoms with Gasteiger partial charge in [-0.2, -0.15) is 0 Å². The maximum absolute atomic E-state index is 13.4. The van der Waals surface area contributed by atoms with E-state index in [2.05, 4.69) is 26.1 Å². The summed E-state index contributed by atoms with van der Waals surface area (Å²) in [7, 11) is 0. The Morgan fingerprint density at radius 2 is 1.94 bits per heavy atom. The molecule has 0 saturated heterocycles. The molecule has 0 aliphatic heterocycles. The third kappa shape index (κ3) is 3.97. The van der Waals surface area contributed by atoms with Crippen molar-refractivity contribution in [3.63, 3.8) is 0 Å². The maximum atomic E-state index is 13.4. The Morgan fingerprint density at radius 3 is 2.41 bits per heavy atom. The second kappa shape index (κ2) is 6.36. The molecule has 1 aromatic rings. The molecule has 0 aliphatic carbocycles. The van der Waals surface area contributed by atoms with E-state index in [1.807, 2.05) is 13.0 Å². The molecule has 17 heavy (non-hydrogen) atoms. The van der Waals surface area contributed by atoms with Gasteiger partial charge in [0, 0.05) is 12.1 Å². The topological polar surface area (TPSA) is 12.0 Å². The minimum atomic E-state index is -0.351. The van der Waals surface area contributed by atoms with Gasteiger partial charge in [0.15, 0.2) is 0 Å². The van der Waals surface area contributed by atoms with Crippen LogP contribution in [0.2, 0.25) is 5.02 Å². The standard InChI is InChI=1S/C14H21ClFN/c1-5-14(9(2)3)17-10(4)11-6-7-12(15)13(16)8-11/h6-10,14,17H,5H2,1-4H3. The molecule has 1 aromatic carbocycles. The molecule has 0 radical (unpaired) electrons. The van der Waals surface area contributed by atoms with Gasteiger partial charge in [-0.15, -0.1) is 0 Å². The van der Waals surface area contributed by atoms with Gasteiger partial charge >= 0.3 is 0 Å². The molecule has 0 amide bonds. The number of halogens is 2. The normalized spacial score (nSPS) is 15.0. The number of hydrogen-bond donors (Lipinski definition) is 1. The number of hydrogen-bond acceptors (Lipinski definition) is 1. The van der Waals surface area contributed by atoms with E-state index in [1.54, 1.807) is 6.07 Å². The first-order valence-corrected chi connectivity index (χ1v) is 6.54. The van der Waals surface area contributed by atoms with E-state index in [1.165, 1.54) is 6.07 Å². The van der Waals surface area contributed by atoms with E-state index in [0.29, 0.717) is 12.0 Å². The van der Waals surface area contributed by atoms with Gasteiger partial charge in [0.05, 0.1) is 5.02 Å². The van der Waals surface area contributed by atoms with Crippen LogP contribution < -0.4 is 5.32 Å². The van der Waals surface area contributed by atoms with Crippen LogP contribution >= 0.6 is 11.6 Å². The molecule has 2 unspecified atom stereocenters. The monoisotopic (exact) mass is 257 g/mol. The van der Waals surface area contributed by atoms with E-state index in [4.69, 9.17) is 11.6 Å². The summed E-state index contributed by atoms with van der Waals surface area (Å²) in [6.45, 7) is 8.59. The molecule has 1 rings (SSSR count). The molecule has 0 spiro atoms. The van der Waals surface area contributed by atoms with Crippen LogP contribution in [0.3, 0.4) is 0 Å². The third-order valence-corrected chi connectivity index (χ3v) is 3.46. The molecular weight excluding hydrogens is 237 g/mol. The van der Waals surface area contributed by atoms with Crippen molar-refractivity contribution in [3.05, 3.63) is 34.6 Å². The predicted molar refractivity (Wildman–Crippen MR) is 71.9 cm³/mol. The largest absolute Gasteiger partial charge is 0.307 e. The van der Waals surface area contributed by atoms with Crippen molar-refractivity contribution in [2.75, 3.05) is 0 Å². The van der Waals surface area contributed by atoms with Gasteiger partial charge in [-0.3, -0.25) is 0 Å². The third-order valence-electron chi connectivity index (χ3n) is 3.15. The zero-order valence-corrected chi connectivity index (χ0v) is 11.7. The van der Waals surface area contributed by atoms with Gasteiger partial charge in [0.1, 0.15) is 5.82 Å². The summed E-state index contributed by atoms with van der Waals surface area (Å²) in [5, 5.41) is 3.70. The van der Waals surface area contributed by atoms with Crippen molar-refractivity contribution in [3.8, 4) is 0 Å². The van der Waals surface area contributed by atoms with Crippen LogP contribution in [0.25, 0.3) is 0 Å². The highest BCUT2D eigenvalue weighted by Crippen LogP contribution is 2.21. The van der Waals surface area contributed by atoms with Crippen LogP contribution in [0.15, 0.2) is 18.2 Å². The molecule has 0 fully saturated rings. The smallest absolute Gasteiger partial charge is 0.142 e.